The molecule has 2 aliphatic heterocycles. The van der Waals surface area contributed by atoms with Crippen molar-refractivity contribution < 1.29 is 28.5 Å². The van der Waals surface area contributed by atoms with Crippen LogP contribution in [0.5, 0.6) is 0 Å². The molecule has 2 heterocycles. The third-order valence-electron chi connectivity index (χ3n) is 5.39. The van der Waals surface area contributed by atoms with Crippen LogP contribution in [0.3, 0.4) is 0 Å². The van der Waals surface area contributed by atoms with E-state index in [4.69, 9.17) is 18.9 Å². The fourth-order valence-electron chi connectivity index (χ4n) is 4.18. The molecule has 28 heavy (non-hydrogen) atoms. The summed E-state index contributed by atoms with van der Waals surface area (Å²) in [5, 5.41) is 3.39. The van der Waals surface area contributed by atoms with Crippen molar-refractivity contribution in [2.75, 3.05) is 20.3 Å². The zero-order valence-corrected chi connectivity index (χ0v) is 16.9. The molecule has 4 atom stereocenters. The normalized spacial score (nSPS) is 31.5. The summed E-state index contributed by atoms with van der Waals surface area (Å²) in [6.45, 7) is 6.05. The van der Waals surface area contributed by atoms with E-state index in [9.17, 15) is 9.59 Å². The number of carbonyl (C=O) groups excluding carboxylic acids is 2. The Morgan fingerprint density at radius 1 is 1.25 bits per heavy atom. The van der Waals surface area contributed by atoms with Crippen molar-refractivity contribution in [3.63, 3.8) is 0 Å². The number of methoxy groups -OCH3 is 1. The van der Waals surface area contributed by atoms with Gasteiger partial charge in [-0.25, -0.2) is 0 Å². The molecule has 1 aromatic rings. The molecule has 0 radical (unpaired) electrons. The molecule has 0 bridgehead atoms. The lowest BCUT2D eigenvalue weighted by atomic mass is 9.85. The van der Waals surface area contributed by atoms with Gasteiger partial charge in [0.1, 0.15) is 11.6 Å². The van der Waals surface area contributed by atoms with E-state index in [0.717, 1.165) is 5.56 Å². The SMILES string of the molecule is CCOC(=O)[C@H]1C[C@@](Cc2ccccc2)(C(=O)OC)N[C@H]1[C@H]1COC(C)(C)O1. The van der Waals surface area contributed by atoms with Crippen molar-refractivity contribution >= 4 is 11.9 Å². The predicted octanol–water partition coefficient (Wildman–Crippen LogP) is 1.83. The molecule has 1 aromatic carbocycles. The summed E-state index contributed by atoms with van der Waals surface area (Å²) in [4.78, 5) is 25.6. The molecule has 7 nitrogen and oxygen atoms in total. The minimum absolute atomic E-state index is 0.276. The van der Waals surface area contributed by atoms with Crippen molar-refractivity contribution in [2.24, 2.45) is 5.92 Å². The van der Waals surface area contributed by atoms with Gasteiger partial charge < -0.3 is 18.9 Å². The number of rotatable bonds is 6. The average molecular weight is 391 g/mol. The van der Waals surface area contributed by atoms with Crippen molar-refractivity contribution in [1.29, 1.82) is 0 Å². The fraction of sp³-hybridized carbons (Fsp3) is 0.619. The number of esters is 2. The van der Waals surface area contributed by atoms with Crippen molar-refractivity contribution in [3.8, 4) is 0 Å². The number of hydrogen-bond acceptors (Lipinski definition) is 7. The second-order valence-electron chi connectivity index (χ2n) is 7.84. The predicted molar refractivity (Wildman–Crippen MR) is 101 cm³/mol. The van der Waals surface area contributed by atoms with E-state index in [0.29, 0.717) is 13.0 Å². The highest BCUT2D eigenvalue weighted by Gasteiger charge is 2.57. The minimum atomic E-state index is -1.03. The maximum absolute atomic E-state index is 12.8. The maximum Gasteiger partial charge on any atom is 0.326 e. The second-order valence-corrected chi connectivity index (χ2v) is 7.84. The molecule has 154 valence electrons. The summed E-state index contributed by atoms with van der Waals surface area (Å²) >= 11 is 0. The van der Waals surface area contributed by atoms with Gasteiger partial charge in [0.2, 0.25) is 0 Å². The van der Waals surface area contributed by atoms with Gasteiger partial charge in [-0.1, -0.05) is 30.3 Å². The highest BCUT2D eigenvalue weighted by Crippen LogP contribution is 2.38. The Hall–Kier alpha value is -1.96. The first-order chi connectivity index (χ1) is 13.3. The maximum atomic E-state index is 12.8. The number of nitrogens with one attached hydrogen (secondary N) is 1. The van der Waals surface area contributed by atoms with Crippen LogP contribution in [0.25, 0.3) is 0 Å². The third kappa shape index (κ3) is 4.21. The van der Waals surface area contributed by atoms with Gasteiger partial charge in [0.05, 0.1) is 26.2 Å². The average Bonchev–Trinajstić information content (AvgIpc) is 3.23. The Labute approximate surface area is 165 Å². The number of carbonyl (C=O) groups is 2. The minimum Gasteiger partial charge on any atom is -0.468 e. The van der Waals surface area contributed by atoms with E-state index in [1.54, 1.807) is 6.92 Å². The third-order valence-corrected chi connectivity index (χ3v) is 5.39. The van der Waals surface area contributed by atoms with Crippen LogP contribution in [-0.2, 0) is 35.0 Å². The number of ether oxygens (including phenoxy) is 4. The molecule has 3 rings (SSSR count). The van der Waals surface area contributed by atoms with Crippen LogP contribution < -0.4 is 5.32 Å². The van der Waals surface area contributed by atoms with Crippen LogP contribution in [0.4, 0.5) is 0 Å². The summed E-state index contributed by atoms with van der Waals surface area (Å²) in [7, 11) is 1.36. The topological polar surface area (TPSA) is 83.1 Å². The Bertz CT molecular complexity index is 706. The summed E-state index contributed by atoms with van der Waals surface area (Å²) in [5.41, 5.74) is -0.0542. The molecule has 0 aliphatic carbocycles. The summed E-state index contributed by atoms with van der Waals surface area (Å²) < 4.78 is 22.1. The van der Waals surface area contributed by atoms with E-state index in [1.807, 2.05) is 44.2 Å². The van der Waals surface area contributed by atoms with E-state index < -0.39 is 29.3 Å². The van der Waals surface area contributed by atoms with Crippen LogP contribution in [0.15, 0.2) is 30.3 Å². The second kappa shape index (κ2) is 8.19. The molecular formula is C21H29NO6. The molecule has 1 N–H and O–H groups in total. The summed E-state index contributed by atoms with van der Waals surface area (Å²) in [5.74, 6) is -2.01. The molecule has 0 spiro atoms. The smallest absolute Gasteiger partial charge is 0.326 e. The van der Waals surface area contributed by atoms with Crippen LogP contribution in [0.1, 0.15) is 32.8 Å². The first-order valence-corrected chi connectivity index (χ1v) is 9.69. The lowest BCUT2D eigenvalue weighted by molar-refractivity contribution is -0.155. The Kier molecular flexibility index (Phi) is 6.07. The zero-order valence-electron chi connectivity index (χ0n) is 16.9. The highest BCUT2D eigenvalue weighted by molar-refractivity contribution is 5.85. The highest BCUT2D eigenvalue weighted by atomic mass is 16.7. The van der Waals surface area contributed by atoms with Crippen LogP contribution >= 0.6 is 0 Å². The van der Waals surface area contributed by atoms with Gasteiger partial charge in [-0.15, -0.1) is 0 Å². The standard InChI is InChI=1S/C21H29NO6/c1-5-26-18(23)15-12-21(19(24)25-4,11-14-9-7-6-8-10-14)22-17(15)16-13-27-20(2,3)28-16/h6-10,15-17,22H,5,11-13H2,1-4H3/t15-,16+,17+,21-/m0/s1. The first-order valence-electron chi connectivity index (χ1n) is 9.69. The first kappa shape index (κ1) is 20.8. The van der Waals surface area contributed by atoms with E-state index in [-0.39, 0.29) is 25.1 Å². The van der Waals surface area contributed by atoms with E-state index in [1.165, 1.54) is 7.11 Å². The van der Waals surface area contributed by atoms with Crippen molar-refractivity contribution in [1.82, 2.24) is 5.32 Å². The summed E-state index contributed by atoms with van der Waals surface area (Å²) in [6.07, 6.45) is 0.314. The molecule has 0 saturated carbocycles. The molecule has 7 heteroatoms. The molecule has 2 saturated heterocycles. The molecular weight excluding hydrogens is 362 g/mol. The fourth-order valence-corrected chi connectivity index (χ4v) is 4.18. The summed E-state index contributed by atoms with van der Waals surface area (Å²) in [6, 6.07) is 9.27. The monoisotopic (exact) mass is 391 g/mol. The lowest BCUT2D eigenvalue weighted by Gasteiger charge is -2.29. The zero-order chi connectivity index (χ0) is 20.4. The lowest BCUT2D eigenvalue weighted by Crippen LogP contribution is -2.55. The van der Waals surface area contributed by atoms with E-state index >= 15 is 0 Å². The Morgan fingerprint density at radius 3 is 2.54 bits per heavy atom. The van der Waals surface area contributed by atoms with Gasteiger partial charge in [-0.3, -0.25) is 14.9 Å². The quantitative estimate of drug-likeness (QED) is 0.741. The van der Waals surface area contributed by atoms with Gasteiger partial charge in [0.15, 0.2) is 5.79 Å². The van der Waals surface area contributed by atoms with Gasteiger partial charge in [-0.05, 0) is 32.8 Å². The van der Waals surface area contributed by atoms with Crippen LogP contribution in [0.2, 0.25) is 0 Å². The van der Waals surface area contributed by atoms with Gasteiger partial charge >= 0.3 is 11.9 Å². The Morgan fingerprint density at radius 2 is 1.96 bits per heavy atom. The molecule has 2 aliphatic rings. The Balaban J connectivity index is 1.92. The molecule has 0 amide bonds. The number of benzene rings is 1. The van der Waals surface area contributed by atoms with Gasteiger partial charge in [0.25, 0.3) is 0 Å². The van der Waals surface area contributed by atoms with Crippen molar-refractivity contribution in [2.45, 2.75) is 57.1 Å². The van der Waals surface area contributed by atoms with Gasteiger partial charge in [-0.2, -0.15) is 0 Å². The molecule has 0 unspecified atom stereocenters. The van der Waals surface area contributed by atoms with Crippen molar-refractivity contribution in [3.05, 3.63) is 35.9 Å². The van der Waals surface area contributed by atoms with Crippen LogP contribution in [-0.4, -0.2) is 55.7 Å². The van der Waals surface area contributed by atoms with Crippen LogP contribution in [0, 0.1) is 5.92 Å². The van der Waals surface area contributed by atoms with Gasteiger partial charge in [0, 0.05) is 12.5 Å². The largest absolute Gasteiger partial charge is 0.468 e. The molecule has 0 aromatic heterocycles. The number of hydrogen-bond donors (Lipinski definition) is 1. The molecule has 2 fully saturated rings. The van der Waals surface area contributed by atoms with E-state index in [2.05, 4.69) is 5.32 Å².